The second kappa shape index (κ2) is 20.3. The number of nitrogens with zero attached hydrogens (tertiary/aromatic N) is 7. The zero-order valence-corrected chi connectivity index (χ0v) is 41.4. The number of rotatable bonds is 9. The number of aryl methyl sites for hydroxylation is 1. The molecular weight excluding hydrogens is 871 g/mol. The Bertz CT molecular complexity index is 2520. The molecule has 17 heteroatoms. The van der Waals surface area contributed by atoms with Gasteiger partial charge in [0, 0.05) is 91.8 Å². The Kier molecular flexibility index (Phi) is 14.9. The lowest BCUT2D eigenvalue weighted by atomic mass is 9.84. The summed E-state index contributed by atoms with van der Waals surface area (Å²) in [6.45, 7) is 21.2. The van der Waals surface area contributed by atoms with E-state index < -0.39 is 41.3 Å². The van der Waals surface area contributed by atoms with Gasteiger partial charge in [0.25, 0.3) is 5.91 Å². The summed E-state index contributed by atoms with van der Waals surface area (Å²) in [6, 6.07) is 6.61. The Hall–Kier alpha value is -5.65. The maximum absolute atomic E-state index is 14.7. The first-order chi connectivity index (χ1) is 31.9. The maximum atomic E-state index is 14.7. The van der Waals surface area contributed by atoms with Gasteiger partial charge in [-0.05, 0) is 88.8 Å². The number of likely N-dealkylation sites (N-methyl/N-ethyl adjacent to an activating group) is 1. The van der Waals surface area contributed by atoms with Crippen LogP contribution < -0.4 is 10.7 Å². The third-order valence-electron chi connectivity index (χ3n) is 13.7. The van der Waals surface area contributed by atoms with Crippen LogP contribution in [0.3, 0.4) is 0 Å². The van der Waals surface area contributed by atoms with Gasteiger partial charge in [-0.15, -0.1) is 11.3 Å². The number of hydrazine groups is 1. The molecule has 1 aromatic carbocycles. The molecule has 6 heterocycles. The number of thiazole rings is 1. The number of hydrogen-bond donors (Lipinski definition) is 2. The molecule has 2 fully saturated rings. The number of amides is 5. The van der Waals surface area contributed by atoms with Gasteiger partial charge in [0.2, 0.25) is 11.8 Å². The van der Waals surface area contributed by atoms with Crippen LogP contribution in [-0.4, -0.2) is 135 Å². The highest BCUT2D eigenvalue weighted by atomic mass is 32.1. The van der Waals surface area contributed by atoms with Crippen LogP contribution in [-0.2, 0) is 48.0 Å². The van der Waals surface area contributed by atoms with Gasteiger partial charge in [0.05, 0.1) is 40.8 Å². The van der Waals surface area contributed by atoms with Crippen molar-refractivity contribution in [3.8, 4) is 22.5 Å². The highest BCUT2D eigenvalue weighted by Crippen LogP contribution is 2.42. The van der Waals surface area contributed by atoms with Crippen LogP contribution >= 0.6 is 11.3 Å². The quantitative estimate of drug-likeness (QED) is 0.142. The van der Waals surface area contributed by atoms with Gasteiger partial charge in [-0.1, -0.05) is 40.3 Å². The van der Waals surface area contributed by atoms with Crippen LogP contribution in [0.2, 0.25) is 0 Å². The number of fused-ring (bicyclic) bond motifs is 6. The Morgan fingerprint density at radius 3 is 2.54 bits per heavy atom. The van der Waals surface area contributed by atoms with Crippen LogP contribution in [0.25, 0.3) is 33.4 Å². The first-order valence-electron chi connectivity index (χ1n) is 23.5. The number of esters is 1. The molecule has 4 aromatic rings. The highest BCUT2D eigenvalue weighted by molar-refractivity contribution is 7.10. The van der Waals surface area contributed by atoms with Crippen molar-refractivity contribution in [1.29, 1.82) is 0 Å². The van der Waals surface area contributed by atoms with Gasteiger partial charge in [0.15, 0.2) is 0 Å². The van der Waals surface area contributed by atoms with E-state index in [9.17, 15) is 24.0 Å². The number of methoxy groups -OCH3 is 1. The summed E-state index contributed by atoms with van der Waals surface area (Å²) < 4.78 is 14.2. The number of ether oxygens (including phenoxy) is 2. The van der Waals surface area contributed by atoms with Crippen molar-refractivity contribution in [3.05, 3.63) is 70.8 Å². The van der Waals surface area contributed by atoms with E-state index in [1.165, 1.54) is 27.3 Å². The number of hydrogen-bond acceptors (Lipinski definition) is 11. The summed E-state index contributed by atoms with van der Waals surface area (Å²) in [4.78, 5) is 84.6. The summed E-state index contributed by atoms with van der Waals surface area (Å²) in [5.41, 5.74) is 9.24. The molecule has 0 radical (unpaired) electrons. The van der Waals surface area contributed by atoms with Gasteiger partial charge >= 0.3 is 12.0 Å². The molecule has 360 valence electrons. The second-order valence-electron chi connectivity index (χ2n) is 19.3. The van der Waals surface area contributed by atoms with Gasteiger partial charge in [-0.25, -0.2) is 15.2 Å². The van der Waals surface area contributed by atoms with Gasteiger partial charge in [-0.2, -0.15) is 0 Å². The van der Waals surface area contributed by atoms with E-state index in [0.717, 1.165) is 44.7 Å². The van der Waals surface area contributed by atoms with Crippen LogP contribution in [0, 0.1) is 11.3 Å². The number of benzene rings is 1. The average molecular weight is 938 g/mol. The maximum Gasteiger partial charge on any atom is 0.324 e. The van der Waals surface area contributed by atoms with Crippen molar-refractivity contribution >= 4 is 52.0 Å². The SMILES string of the molecule is C=CC(=O)N1CCN(C(=O)N(C)[C@H](C(=O)N[C@H]2Cc3nc(cs3)-c3ccc4c(c3)c(c(-c3cccnc3[C@H](C)OC)n4CC)CC(C)(C)COC(=O)[C@@H]3CCCN(N3)C2=O)C(C)C)[C@@H](C)[C@H]1C. The zero-order chi connectivity index (χ0) is 48.5. The lowest BCUT2D eigenvalue weighted by molar-refractivity contribution is -0.155. The summed E-state index contributed by atoms with van der Waals surface area (Å²) in [5, 5.41) is 8.11. The molecule has 3 aliphatic rings. The van der Waals surface area contributed by atoms with E-state index in [1.807, 2.05) is 46.1 Å². The number of cyclic esters (lactones) is 1. The summed E-state index contributed by atoms with van der Waals surface area (Å²) >= 11 is 1.40. The van der Waals surface area contributed by atoms with E-state index in [0.29, 0.717) is 43.9 Å². The minimum atomic E-state index is -1.10. The van der Waals surface area contributed by atoms with Crippen molar-refractivity contribution in [2.45, 2.75) is 124 Å². The summed E-state index contributed by atoms with van der Waals surface area (Å²) in [7, 11) is 3.28. The first-order valence-corrected chi connectivity index (χ1v) is 24.4. The number of nitrogens with one attached hydrogen (secondary N) is 2. The molecule has 7 rings (SSSR count). The van der Waals surface area contributed by atoms with E-state index in [4.69, 9.17) is 19.4 Å². The fraction of sp³-hybridized carbons (Fsp3) is 0.540. The van der Waals surface area contributed by atoms with Crippen molar-refractivity contribution in [2.75, 3.05) is 40.4 Å². The third-order valence-corrected chi connectivity index (χ3v) is 14.6. The van der Waals surface area contributed by atoms with Gasteiger partial charge in [-0.3, -0.25) is 29.2 Å². The predicted octanol–water partition coefficient (Wildman–Crippen LogP) is 6.39. The van der Waals surface area contributed by atoms with Crippen LogP contribution in [0.4, 0.5) is 4.79 Å². The predicted molar refractivity (Wildman–Crippen MR) is 259 cm³/mol. The van der Waals surface area contributed by atoms with Crippen molar-refractivity contribution < 1.29 is 33.4 Å². The van der Waals surface area contributed by atoms with Crippen LogP contribution in [0.5, 0.6) is 0 Å². The van der Waals surface area contributed by atoms with E-state index in [2.05, 4.69) is 66.9 Å². The molecule has 67 heavy (non-hydrogen) atoms. The fourth-order valence-corrected chi connectivity index (χ4v) is 10.8. The lowest BCUT2D eigenvalue weighted by Crippen LogP contribution is -2.65. The number of urea groups is 1. The second-order valence-corrected chi connectivity index (χ2v) is 20.2. The standard InChI is InChI=1S/C50H67N9O7S/c1-12-42(60)57-22-23-58(31(6)30(57)5)49(64)55(10)44(29(3)4)46(61)53-38-25-41-52-39(27-67-41)33-18-19-40-35(24-33)36(45(56(40)13-2)34-16-14-20-51-43(34)32(7)65-11)26-50(8,9)28-66-48(63)37-17-15-21-59(54-37)47(38)62/h12,14,16,18-20,24,27,29-32,37-38,44,54H,1,13,15,17,21-23,25-26,28H2,2-11H3,(H,53,61)/t30-,31+,32+,37+,38+,44+/m1/s1. The number of piperazine rings is 1. The minimum Gasteiger partial charge on any atom is -0.464 e. The van der Waals surface area contributed by atoms with Gasteiger partial charge < -0.3 is 34.1 Å². The normalized spacial score (nSPS) is 22.2. The Morgan fingerprint density at radius 1 is 1.10 bits per heavy atom. The topological polar surface area (TPSA) is 172 Å². The van der Waals surface area contributed by atoms with Crippen molar-refractivity contribution in [1.82, 2.24) is 45.0 Å². The summed E-state index contributed by atoms with van der Waals surface area (Å²) in [6.07, 6.45) is 4.45. The first kappa shape index (κ1) is 49.3. The Labute approximate surface area is 398 Å². The Morgan fingerprint density at radius 2 is 1.84 bits per heavy atom. The number of carbonyl (C=O) groups is 5. The Balaban J connectivity index is 1.26. The molecule has 0 saturated carbocycles. The number of aromatic nitrogens is 3. The van der Waals surface area contributed by atoms with E-state index in [1.54, 1.807) is 30.2 Å². The molecule has 3 aromatic heterocycles. The molecule has 0 spiro atoms. The smallest absolute Gasteiger partial charge is 0.324 e. The lowest BCUT2D eigenvalue weighted by Gasteiger charge is -2.46. The molecule has 16 nitrogen and oxygen atoms in total. The molecule has 0 unspecified atom stereocenters. The molecular formula is C50H67N9O7S. The monoisotopic (exact) mass is 937 g/mol. The number of pyridine rings is 1. The molecule has 6 bridgehead atoms. The molecule has 0 aliphatic carbocycles. The molecule has 2 N–H and O–H groups in total. The highest BCUT2D eigenvalue weighted by Gasteiger charge is 2.41. The largest absolute Gasteiger partial charge is 0.464 e. The molecule has 2 saturated heterocycles. The van der Waals surface area contributed by atoms with Crippen molar-refractivity contribution in [3.63, 3.8) is 0 Å². The van der Waals surface area contributed by atoms with E-state index >= 15 is 0 Å². The summed E-state index contributed by atoms with van der Waals surface area (Å²) in [5.74, 6) is -1.92. The van der Waals surface area contributed by atoms with Crippen LogP contribution in [0.15, 0.2) is 54.6 Å². The fourth-order valence-electron chi connectivity index (χ4n) is 9.91. The molecule has 3 aliphatic heterocycles. The third kappa shape index (κ3) is 10.00. The average Bonchev–Trinajstić information content (AvgIpc) is 3.91. The van der Waals surface area contributed by atoms with Crippen LogP contribution in [0.1, 0.15) is 90.6 Å². The minimum absolute atomic E-state index is 0.0678. The molecule has 6 atom stereocenters. The van der Waals surface area contributed by atoms with Gasteiger partial charge in [0.1, 0.15) is 18.1 Å². The number of carbonyl (C=O) groups excluding carboxylic acids is 5. The van der Waals surface area contributed by atoms with Crippen molar-refractivity contribution in [2.24, 2.45) is 11.3 Å². The van der Waals surface area contributed by atoms with E-state index in [-0.39, 0.29) is 55.6 Å². The molecule has 5 amide bonds. The zero-order valence-electron chi connectivity index (χ0n) is 40.6.